The van der Waals surface area contributed by atoms with E-state index in [1.54, 1.807) is 7.11 Å². The highest BCUT2D eigenvalue weighted by Gasteiger charge is 2.30. The van der Waals surface area contributed by atoms with Gasteiger partial charge in [-0.1, -0.05) is 6.07 Å². The highest BCUT2D eigenvalue weighted by molar-refractivity contribution is 6.09. The van der Waals surface area contributed by atoms with Crippen LogP contribution < -0.4 is 19.5 Å². The predicted molar refractivity (Wildman–Crippen MR) is 90.5 cm³/mol. The van der Waals surface area contributed by atoms with Crippen molar-refractivity contribution in [1.29, 1.82) is 0 Å². The van der Waals surface area contributed by atoms with E-state index >= 15 is 0 Å². The fraction of sp³-hybridized carbons (Fsp3) is 0.316. The number of hydrogen-bond acceptors (Lipinski definition) is 4. The summed E-state index contributed by atoms with van der Waals surface area (Å²) in [6, 6.07) is 7.71. The van der Waals surface area contributed by atoms with E-state index in [0.717, 1.165) is 35.3 Å². The molecule has 0 atom stereocenters. The van der Waals surface area contributed by atoms with Crippen LogP contribution in [0.15, 0.2) is 24.3 Å². The molecule has 0 unspecified atom stereocenters. The molecule has 0 spiro atoms. The van der Waals surface area contributed by atoms with Crippen LogP contribution in [0, 0.1) is 6.92 Å². The molecular formula is C19H19NO4. The van der Waals surface area contributed by atoms with Gasteiger partial charge in [-0.2, -0.15) is 0 Å². The SMILES string of the molecule is COc1ccc(C)cc1NC(=O)c1c2c(cc3c1OCC3)OCC2. The molecule has 1 amide bonds. The molecule has 0 aliphatic carbocycles. The zero-order valence-corrected chi connectivity index (χ0v) is 13.8. The van der Waals surface area contributed by atoms with E-state index in [4.69, 9.17) is 14.2 Å². The van der Waals surface area contributed by atoms with Gasteiger partial charge in [0.2, 0.25) is 0 Å². The second-order valence-electron chi connectivity index (χ2n) is 6.07. The molecular weight excluding hydrogens is 306 g/mol. The van der Waals surface area contributed by atoms with Crippen LogP contribution in [-0.4, -0.2) is 26.2 Å². The molecule has 2 aliphatic heterocycles. The summed E-state index contributed by atoms with van der Waals surface area (Å²) in [6.07, 6.45) is 1.53. The number of carbonyl (C=O) groups excluding carboxylic acids is 1. The molecule has 24 heavy (non-hydrogen) atoms. The Morgan fingerprint density at radius 2 is 2.00 bits per heavy atom. The number of hydrogen-bond donors (Lipinski definition) is 1. The van der Waals surface area contributed by atoms with Crippen molar-refractivity contribution in [3.05, 3.63) is 46.5 Å². The first-order valence-corrected chi connectivity index (χ1v) is 8.07. The van der Waals surface area contributed by atoms with Gasteiger partial charge in [0.05, 0.1) is 31.6 Å². The molecule has 1 N–H and O–H groups in total. The quantitative estimate of drug-likeness (QED) is 0.942. The lowest BCUT2D eigenvalue weighted by molar-refractivity contribution is 0.102. The first kappa shape index (κ1) is 14.9. The molecule has 2 aliphatic rings. The lowest BCUT2D eigenvalue weighted by atomic mass is 9.99. The van der Waals surface area contributed by atoms with Crippen molar-refractivity contribution in [3.63, 3.8) is 0 Å². The number of amides is 1. The van der Waals surface area contributed by atoms with Gasteiger partial charge in [-0.3, -0.25) is 4.79 Å². The number of nitrogens with one attached hydrogen (secondary N) is 1. The van der Waals surface area contributed by atoms with Gasteiger partial charge >= 0.3 is 0 Å². The summed E-state index contributed by atoms with van der Waals surface area (Å²) in [6.45, 7) is 3.18. The third kappa shape index (κ3) is 2.37. The topological polar surface area (TPSA) is 56.8 Å². The second kappa shape index (κ2) is 5.74. The second-order valence-corrected chi connectivity index (χ2v) is 6.07. The summed E-state index contributed by atoms with van der Waals surface area (Å²) < 4.78 is 16.8. The maximum Gasteiger partial charge on any atom is 0.259 e. The van der Waals surface area contributed by atoms with Gasteiger partial charge in [-0.05, 0) is 30.7 Å². The van der Waals surface area contributed by atoms with Crippen molar-refractivity contribution in [2.24, 2.45) is 0 Å². The fourth-order valence-electron chi connectivity index (χ4n) is 3.33. The number of benzene rings is 2. The van der Waals surface area contributed by atoms with Crippen molar-refractivity contribution in [3.8, 4) is 17.2 Å². The molecule has 0 saturated heterocycles. The molecule has 0 fully saturated rings. The molecule has 0 aromatic heterocycles. The summed E-state index contributed by atoms with van der Waals surface area (Å²) in [4.78, 5) is 13.0. The number of anilines is 1. The van der Waals surface area contributed by atoms with E-state index in [1.165, 1.54) is 0 Å². The van der Waals surface area contributed by atoms with Crippen LogP contribution in [0.4, 0.5) is 5.69 Å². The Hall–Kier alpha value is -2.69. The highest BCUT2D eigenvalue weighted by Crippen LogP contribution is 2.41. The van der Waals surface area contributed by atoms with Gasteiger partial charge in [-0.25, -0.2) is 0 Å². The van der Waals surface area contributed by atoms with Crippen molar-refractivity contribution < 1.29 is 19.0 Å². The van der Waals surface area contributed by atoms with Crippen LogP contribution in [0.1, 0.15) is 27.0 Å². The Kier molecular flexibility index (Phi) is 3.56. The Morgan fingerprint density at radius 3 is 2.83 bits per heavy atom. The molecule has 2 aromatic rings. The number of carbonyl (C=O) groups is 1. The van der Waals surface area contributed by atoms with Crippen LogP contribution in [0.2, 0.25) is 0 Å². The van der Waals surface area contributed by atoms with Crippen LogP contribution in [0.25, 0.3) is 0 Å². The van der Waals surface area contributed by atoms with Gasteiger partial charge in [0.15, 0.2) is 0 Å². The third-order valence-corrected chi connectivity index (χ3v) is 4.48. The molecule has 5 nitrogen and oxygen atoms in total. The molecule has 2 heterocycles. The normalized spacial score (nSPS) is 14.4. The van der Waals surface area contributed by atoms with Gasteiger partial charge in [0.25, 0.3) is 5.91 Å². The minimum absolute atomic E-state index is 0.181. The average Bonchev–Trinajstić information content (AvgIpc) is 3.20. The number of aryl methyl sites for hydroxylation is 1. The lowest BCUT2D eigenvalue weighted by Gasteiger charge is -2.15. The van der Waals surface area contributed by atoms with E-state index in [-0.39, 0.29) is 5.91 Å². The van der Waals surface area contributed by atoms with Crippen molar-refractivity contribution in [2.45, 2.75) is 19.8 Å². The zero-order chi connectivity index (χ0) is 16.7. The molecule has 4 rings (SSSR count). The average molecular weight is 325 g/mol. The minimum atomic E-state index is -0.181. The molecule has 0 bridgehead atoms. The van der Waals surface area contributed by atoms with E-state index in [2.05, 4.69) is 5.32 Å². The summed E-state index contributed by atoms with van der Waals surface area (Å²) in [5.74, 6) is 1.96. The van der Waals surface area contributed by atoms with Gasteiger partial charge in [0, 0.05) is 24.0 Å². The Bertz CT molecular complexity index is 796. The standard InChI is InChI=1S/C19H19NO4/c1-11-3-4-15(22-2)14(9-11)20-19(21)17-13-6-8-23-16(13)10-12-5-7-24-18(12)17/h3-4,9-10H,5-8H2,1-2H3,(H,20,21). The number of fused-ring (bicyclic) bond motifs is 2. The summed E-state index contributed by atoms with van der Waals surface area (Å²) >= 11 is 0. The summed E-state index contributed by atoms with van der Waals surface area (Å²) in [5, 5.41) is 2.98. The minimum Gasteiger partial charge on any atom is -0.495 e. The van der Waals surface area contributed by atoms with E-state index in [1.807, 2.05) is 31.2 Å². The summed E-state index contributed by atoms with van der Waals surface area (Å²) in [5.41, 5.74) is 4.28. The number of rotatable bonds is 3. The van der Waals surface area contributed by atoms with Crippen molar-refractivity contribution >= 4 is 11.6 Å². The molecule has 5 heteroatoms. The lowest BCUT2D eigenvalue weighted by Crippen LogP contribution is -2.16. The predicted octanol–water partition coefficient (Wildman–Crippen LogP) is 3.13. The highest BCUT2D eigenvalue weighted by atomic mass is 16.5. The van der Waals surface area contributed by atoms with Gasteiger partial charge < -0.3 is 19.5 Å². The van der Waals surface area contributed by atoms with Gasteiger partial charge in [-0.15, -0.1) is 0 Å². The zero-order valence-electron chi connectivity index (χ0n) is 13.8. The maximum atomic E-state index is 13.0. The Morgan fingerprint density at radius 1 is 1.17 bits per heavy atom. The van der Waals surface area contributed by atoms with Crippen molar-refractivity contribution in [1.82, 2.24) is 0 Å². The maximum absolute atomic E-state index is 13.0. The molecule has 0 saturated carbocycles. The number of methoxy groups -OCH3 is 1. The largest absolute Gasteiger partial charge is 0.495 e. The van der Waals surface area contributed by atoms with E-state index in [9.17, 15) is 4.79 Å². The number of ether oxygens (including phenoxy) is 3. The van der Waals surface area contributed by atoms with Gasteiger partial charge in [0.1, 0.15) is 17.2 Å². The van der Waals surface area contributed by atoms with Crippen LogP contribution in [-0.2, 0) is 12.8 Å². The molecule has 124 valence electrons. The summed E-state index contributed by atoms with van der Waals surface area (Å²) in [7, 11) is 1.59. The first-order chi connectivity index (χ1) is 11.7. The Labute approximate surface area is 140 Å². The molecule has 2 aromatic carbocycles. The fourth-order valence-corrected chi connectivity index (χ4v) is 3.33. The van der Waals surface area contributed by atoms with Crippen LogP contribution >= 0.6 is 0 Å². The van der Waals surface area contributed by atoms with Crippen molar-refractivity contribution in [2.75, 3.05) is 25.6 Å². The van der Waals surface area contributed by atoms with E-state index in [0.29, 0.717) is 36.0 Å². The van der Waals surface area contributed by atoms with E-state index < -0.39 is 0 Å². The third-order valence-electron chi connectivity index (χ3n) is 4.48. The smallest absolute Gasteiger partial charge is 0.259 e. The van der Waals surface area contributed by atoms with Crippen LogP contribution in [0.3, 0.4) is 0 Å². The Balaban J connectivity index is 1.75. The molecule has 0 radical (unpaired) electrons. The van der Waals surface area contributed by atoms with Crippen LogP contribution in [0.5, 0.6) is 17.2 Å². The monoisotopic (exact) mass is 325 g/mol. The first-order valence-electron chi connectivity index (χ1n) is 8.07.